The van der Waals surface area contributed by atoms with Crippen molar-refractivity contribution in [2.24, 2.45) is 11.8 Å². The number of hydrogen-bond acceptors (Lipinski definition) is 2. The number of nitrogens with one attached hydrogen (secondary N) is 2. The van der Waals surface area contributed by atoms with Crippen LogP contribution in [0.25, 0.3) is 11.0 Å². The molecule has 1 unspecified atom stereocenters. The average Bonchev–Trinajstić information content (AvgIpc) is 3.12. The van der Waals surface area contributed by atoms with Crippen LogP contribution in [0, 0.1) is 11.8 Å². The second-order valence-electron chi connectivity index (χ2n) is 6.78. The van der Waals surface area contributed by atoms with Crippen molar-refractivity contribution in [1.29, 1.82) is 0 Å². The largest absolute Gasteiger partial charge is 0.346 e. The van der Waals surface area contributed by atoms with Gasteiger partial charge in [-0.1, -0.05) is 38.8 Å². The zero-order chi connectivity index (χ0) is 15.5. The molecule has 1 heterocycles. The van der Waals surface area contributed by atoms with Crippen molar-refractivity contribution in [2.45, 2.75) is 52.0 Å². The van der Waals surface area contributed by atoms with E-state index in [4.69, 9.17) is 0 Å². The molecule has 0 spiro atoms. The van der Waals surface area contributed by atoms with Crippen LogP contribution >= 0.6 is 0 Å². The van der Waals surface area contributed by atoms with Crippen LogP contribution in [0.3, 0.4) is 0 Å². The van der Waals surface area contributed by atoms with E-state index in [1.54, 1.807) is 0 Å². The first-order chi connectivity index (χ1) is 10.6. The number of benzene rings is 1. The first kappa shape index (κ1) is 15.1. The SMILES string of the molecule is CC(C)C(NC(=O)CC1CCCC1)c1nc2ccccc2[nH]1. The first-order valence-corrected chi connectivity index (χ1v) is 8.37. The Bertz CT molecular complexity index is 608. The van der Waals surface area contributed by atoms with Crippen molar-refractivity contribution in [3.63, 3.8) is 0 Å². The van der Waals surface area contributed by atoms with Crippen LogP contribution in [0.4, 0.5) is 0 Å². The summed E-state index contributed by atoms with van der Waals surface area (Å²) in [5.41, 5.74) is 1.97. The molecule has 3 rings (SSSR count). The molecule has 2 aromatic rings. The quantitative estimate of drug-likeness (QED) is 0.878. The highest BCUT2D eigenvalue weighted by Crippen LogP contribution is 2.28. The Morgan fingerprint density at radius 1 is 1.32 bits per heavy atom. The lowest BCUT2D eigenvalue weighted by atomic mass is 10.0. The first-order valence-electron chi connectivity index (χ1n) is 8.37. The highest BCUT2D eigenvalue weighted by molar-refractivity contribution is 5.77. The number of amides is 1. The normalized spacial score (nSPS) is 17.2. The van der Waals surface area contributed by atoms with E-state index in [9.17, 15) is 4.79 Å². The van der Waals surface area contributed by atoms with E-state index in [-0.39, 0.29) is 11.9 Å². The summed E-state index contributed by atoms with van der Waals surface area (Å²) in [6, 6.07) is 7.93. The van der Waals surface area contributed by atoms with E-state index in [0.717, 1.165) is 16.9 Å². The third-order valence-corrected chi connectivity index (χ3v) is 4.63. The molecule has 4 nitrogen and oxygen atoms in total. The van der Waals surface area contributed by atoms with Crippen molar-refractivity contribution in [1.82, 2.24) is 15.3 Å². The van der Waals surface area contributed by atoms with E-state index in [1.165, 1.54) is 25.7 Å². The lowest BCUT2D eigenvalue weighted by Gasteiger charge is -2.21. The maximum atomic E-state index is 12.3. The number of aromatic amines is 1. The number of H-pyrrole nitrogens is 1. The van der Waals surface area contributed by atoms with Gasteiger partial charge in [0, 0.05) is 6.42 Å². The van der Waals surface area contributed by atoms with Crippen molar-refractivity contribution >= 4 is 16.9 Å². The molecule has 22 heavy (non-hydrogen) atoms. The number of para-hydroxylation sites is 2. The summed E-state index contributed by atoms with van der Waals surface area (Å²) in [6.45, 7) is 4.24. The number of carbonyl (C=O) groups excluding carboxylic acids is 1. The predicted molar refractivity (Wildman–Crippen MR) is 88.4 cm³/mol. The molecule has 1 atom stereocenters. The summed E-state index contributed by atoms with van der Waals surface area (Å²) in [6.07, 6.45) is 5.60. The van der Waals surface area contributed by atoms with Gasteiger partial charge in [-0.3, -0.25) is 4.79 Å². The van der Waals surface area contributed by atoms with Crippen molar-refractivity contribution in [3.05, 3.63) is 30.1 Å². The standard InChI is InChI=1S/C18H25N3O/c1-12(2)17(21-16(22)11-13-7-3-4-8-13)18-19-14-9-5-6-10-15(14)20-18/h5-6,9-10,12-13,17H,3-4,7-8,11H2,1-2H3,(H,19,20)(H,21,22). The maximum absolute atomic E-state index is 12.3. The Hall–Kier alpha value is -1.84. The molecule has 2 N–H and O–H groups in total. The summed E-state index contributed by atoms with van der Waals surface area (Å²) < 4.78 is 0. The maximum Gasteiger partial charge on any atom is 0.220 e. The molecule has 118 valence electrons. The van der Waals surface area contributed by atoms with Crippen LogP contribution < -0.4 is 5.32 Å². The number of nitrogens with zero attached hydrogens (tertiary/aromatic N) is 1. The lowest BCUT2D eigenvalue weighted by molar-refractivity contribution is -0.123. The Morgan fingerprint density at radius 3 is 2.73 bits per heavy atom. The number of aromatic nitrogens is 2. The Balaban J connectivity index is 1.72. The van der Waals surface area contributed by atoms with E-state index >= 15 is 0 Å². The summed E-state index contributed by atoms with van der Waals surface area (Å²) >= 11 is 0. The Labute approximate surface area is 131 Å². The molecule has 0 bridgehead atoms. The number of fused-ring (bicyclic) bond motifs is 1. The van der Waals surface area contributed by atoms with E-state index in [0.29, 0.717) is 18.3 Å². The van der Waals surface area contributed by atoms with Crippen LogP contribution in [-0.4, -0.2) is 15.9 Å². The van der Waals surface area contributed by atoms with E-state index in [2.05, 4.69) is 29.1 Å². The molecule has 1 amide bonds. The molecule has 1 aliphatic rings. The minimum absolute atomic E-state index is 0.0543. The van der Waals surface area contributed by atoms with Gasteiger partial charge in [0.25, 0.3) is 0 Å². The average molecular weight is 299 g/mol. The van der Waals surface area contributed by atoms with Crippen molar-refractivity contribution < 1.29 is 4.79 Å². The number of rotatable bonds is 5. The summed E-state index contributed by atoms with van der Waals surface area (Å²) in [4.78, 5) is 20.3. The van der Waals surface area contributed by atoms with Crippen LogP contribution in [0.15, 0.2) is 24.3 Å². The van der Waals surface area contributed by atoms with Gasteiger partial charge in [-0.2, -0.15) is 0 Å². The molecule has 1 aromatic heterocycles. The fourth-order valence-corrected chi connectivity index (χ4v) is 3.38. The Morgan fingerprint density at radius 2 is 2.05 bits per heavy atom. The monoisotopic (exact) mass is 299 g/mol. The van der Waals surface area contributed by atoms with Gasteiger partial charge in [0.05, 0.1) is 17.1 Å². The van der Waals surface area contributed by atoms with Gasteiger partial charge in [-0.05, 0) is 36.8 Å². The molecular formula is C18H25N3O. The number of carbonyl (C=O) groups is 1. The molecule has 0 aliphatic heterocycles. The topological polar surface area (TPSA) is 57.8 Å². The van der Waals surface area contributed by atoms with Gasteiger partial charge in [0.15, 0.2) is 0 Å². The van der Waals surface area contributed by atoms with Gasteiger partial charge in [-0.25, -0.2) is 4.98 Å². The van der Waals surface area contributed by atoms with E-state index < -0.39 is 0 Å². The summed E-state index contributed by atoms with van der Waals surface area (Å²) in [5.74, 6) is 1.89. The number of hydrogen-bond donors (Lipinski definition) is 2. The molecule has 1 aliphatic carbocycles. The van der Waals surface area contributed by atoms with Crippen LogP contribution in [0.5, 0.6) is 0 Å². The van der Waals surface area contributed by atoms with Gasteiger partial charge >= 0.3 is 0 Å². The third kappa shape index (κ3) is 3.32. The third-order valence-electron chi connectivity index (χ3n) is 4.63. The molecule has 1 saturated carbocycles. The van der Waals surface area contributed by atoms with Gasteiger partial charge < -0.3 is 10.3 Å². The summed E-state index contributed by atoms with van der Waals surface area (Å²) in [7, 11) is 0. The fraction of sp³-hybridized carbons (Fsp3) is 0.556. The van der Waals surface area contributed by atoms with Gasteiger partial charge in [0.1, 0.15) is 5.82 Å². The smallest absolute Gasteiger partial charge is 0.220 e. The van der Waals surface area contributed by atoms with Crippen LogP contribution in [0.1, 0.15) is 57.8 Å². The van der Waals surface area contributed by atoms with Crippen molar-refractivity contribution in [3.8, 4) is 0 Å². The second kappa shape index (κ2) is 6.51. The molecule has 0 radical (unpaired) electrons. The van der Waals surface area contributed by atoms with Crippen LogP contribution in [-0.2, 0) is 4.79 Å². The molecular weight excluding hydrogens is 274 g/mol. The lowest BCUT2D eigenvalue weighted by Crippen LogP contribution is -2.33. The van der Waals surface area contributed by atoms with E-state index in [1.807, 2.05) is 24.3 Å². The Kier molecular flexibility index (Phi) is 4.46. The fourth-order valence-electron chi connectivity index (χ4n) is 3.38. The minimum atomic E-state index is -0.0543. The minimum Gasteiger partial charge on any atom is -0.346 e. The van der Waals surface area contributed by atoms with Gasteiger partial charge in [0.2, 0.25) is 5.91 Å². The van der Waals surface area contributed by atoms with Gasteiger partial charge in [-0.15, -0.1) is 0 Å². The molecule has 1 aromatic carbocycles. The zero-order valence-corrected chi connectivity index (χ0v) is 13.4. The highest BCUT2D eigenvalue weighted by Gasteiger charge is 2.24. The highest BCUT2D eigenvalue weighted by atomic mass is 16.1. The summed E-state index contributed by atoms with van der Waals surface area (Å²) in [5, 5.41) is 3.19. The molecule has 0 saturated heterocycles. The zero-order valence-electron chi connectivity index (χ0n) is 13.4. The van der Waals surface area contributed by atoms with Crippen LogP contribution in [0.2, 0.25) is 0 Å². The van der Waals surface area contributed by atoms with Crippen molar-refractivity contribution in [2.75, 3.05) is 0 Å². The number of imidazole rings is 1. The molecule has 1 fully saturated rings. The predicted octanol–water partition coefficient (Wildman–Crippen LogP) is 3.96. The second-order valence-corrected chi connectivity index (χ2v) is 6.78. The molecule has 4 heteroatoms.